The minimum Gasteiger partial charge on any atom is -0.507 e. The fourth-order valence-electron chi connectivity index (χ4n) is 2.24. The maximum absolute atomic E-state index is 11.7. The summed E-state index contributed by atoms with van der Waals surface area (Å²) in [6, 6.07) is 3.66. The van der Waals surface area contributed by atoms with E-state index >= 15 is 0 Å². The van der Waals surface area contributed by atoms with Gasteiger partial charge in [0.2, 0.25) is 5.91 Å². The lowest BCUT2D eigenvalue weighted by Gasteiger charge is -2.24. The van der Waals surface area contributed by atoms with Gasteiger partial charge in [-0.15, -0.1) is 0 Å². The van der Waals surface area contributed by atoms with Crippen LogP contribution >= 0.6 is 15.9 Å². The highest BCUT2D eigenvalue weighted by Gasteiger charge is 2.36. The first-order valence-corrected chi connectivity index (χ1v) is 6.85. The zero-order valence-corrected chi connectivity index (χ0v) is 12.1. The predicted octanol–water partition coefficient (Wildman–Crippen LogP) is 0.744. The molecule has 0 aliphatic carbocycles. The molecule has 0 bridgehead atoms. The lowest BCUT2D eigenvalue weighted by molar-refractivity contribution is -0.148. The fourth-order valence-corrected chi connectivity index (χ4v) is 2.67. The van der Waals surface area contributed by atoms with Gasteiger partial charge in [0.05, 0.1) is 17.0 Å². The summed E-state index contributed by atoms with van der Waals surface area (Å²) in [7, 11) is 0. The number of carboxylic acid groups (broad SMARTS) is 1. The Morgan fingerprint density at radius 2 is 2.20 bits per heavy atom. The molecule has 1 aromatic carbocycles. The molecule has 1 aliphatic rings. The molecule has 0 radical (unpaired) electrons. The third-order valence-electron chi connectivity index (χ3n) is 3.24. The molecule has 1 unspecified atom stereocenters. The average Bonchev–Trinajstić information content (AvgIpc) is 2.69. The highest BCUT2D eigenvalue weighted by molar-refractivity contribution is 9.10. The summed E-state index contributed by atoms with van der Waals surface area (Å²) in [6.45, 7) is 0.0368. The van der Waals surface area contributed by atoms with Crippen LogP contribution in [0.15, 0.2) is 22.7 Å². The van der Waals surface area contributed by atoms with Crippen LogP contribution < -0.4 is 0 Å². The molecule has 2 rings (SSSR count). The maximum atomic E-state index is 11.7. The van der Waals surface area contributed by atoms with Crippen molar-refractivity contribution >= 4 is 27.8 Å². The summed E-state index contributed by atoms with van der Waals surface area (Å²) in [4.78, 5) is 24.2. The van der Waals surface area contributed by atoms with Crippen molar-refractivity contribution in [2.45, 2.75) is 25.0 Å². The van der Waals surface area contributed by atoms with Gasteiger partial charge in [-0.3, -0.25) is 4.79 Å². The highest BCUT2D eigenvalue weighted by atomic mass is 79.9. The van der Waals surface area contributed by atoms with Gasteiger partial charge in [0.25, 0.3) is 0 Å². The molecular formula is C13H14BrNO5. The number of carbonyl (C=O) groups excluding carboxylic acids is 1. The molecule has 2 atom stereocenters. The van der Waals surface area contributed by atoms with E-state index in [2.05, 4.69) is 15.9 Å². The van der Waals surface area contributed by atoms with Gasteiger partial charge in [-0.05, 0) is 33.6 Å². The topological polar surface area (TPSA) is 98.1 Å². The zero-order chi connectivity index (χ0) is 14.9. The Hall–Kier alpha value is -1.60. The largest absolute Gasteiger partial charge is 0.507 e. The van der Waals surface area contributed by atoms with E-state index in [4.69, 9.17) is 0 Å². The van der Waals surface area contributed by atoms with E-state index in [1.165, 1.54) is 11.0 Å². The van der Waals surface area contributed by atoms with E-state index in [1.54, 1.807) is 12.1 Å². The van der Waals surface area contributed by atoms with E-state index in [1.807, 2.05) is 0 Å². The summed E-state index contributed by atoms with van der Waals surface area (Å²) in [5, 5.41) is 28.2. The number of carboxylic acids is 1. The molecule has 20 heavy (non-hydrogen) atoms. The number of phenols is 1. The number of carbonyl (C=O) groups is 2. The van der Waals surface area contributed by atoms with Crippen molar-refractivity contribution in [3.8, 4) is 5.75 Å². The number of aliphatic hydroxyl groups excluding tert-OH is 1. The van der Waals surface area contributed by atoms with Crippen molar-refractivity contribution in [2.75, 3.05) is 6.54 Å². The van der Waals surface area contributed by atoms with Gasteiger partial charge < -0.3 is 20.2 Å². The standard InChI is InChI=1S/C13H14BrNO5/c14-9-3-7(1-2-11(9)17)4-10(13(19)20)15-6-8(16)5-12(15)18/h1-3,8,10,16-17H,4-6H2,(H,19,20)/t8?,10-/m0/s1. The highest BCUT2D eigenvalue weighted by Crippen LogP contribution is 2.26. The van der Waals surface area contributed by atoms with Crippen molar-refractivity contribution in [2.24, 2.45) is 0 Å². The van der Waals surface area contributed by atoms with Gasteiger partial charge >= 0.3 is 5.97 Å². The van der Waals surface area contributed by atoms with Gasteiger partial charge in [0.15, 0.2) is 0 Å². The summed E-state index contributed by atoms with van der Waals surface area (Å²) in [6.07, 6.45) is -0.730. The number of halogens is 1. The monoisotopic (exact) mass is 343 g/mol. The van der Waals surface area contributed by atoms with Crippen LogP contribution in [0.4, 0.5) is 0 Å². The van der Waals surface area contributed by atoms with E-state index in [0.717, 1.165) is 0 Å². The molecule has 1 amide bonds. The molecule has 1 saturated heterocycles. The lowest BCUT2D eigenvalue weighted by Crippen LogP contribution is -2.44. The second kappa shape index (κ2) is 5.80. The molecule has 108 valence electrons. The number of β-amino-alcohol motifs (C(OH)–C–C–N with tert-alkyl or cyclic N) is 1. The summed E-state index contributed by atoms with van der Waals surface area (Å²) in [5.41, 5.74) is 0.677. The molecule has 3 N–H and O–H groups in total. The van der Waals surface area contributed by atoms with E-state index in [9.17, 15) is 24.9 Å². The molecule has 0 spiro atoms. The second-order valence-electron chi connectivity index (χ2n) is 4.75. The number of aliphatic carboxylic acids is 1. The van der Waals surface area contributed by atoms with Crippen LogP contribution in [0.1, 0.15) is 12.0 Å². The Bertz CT molecular complexity index is 548. The van der Waals surface area contributed by atoms with Crippen molar-refractivity contribution in [1.82, 2.24) is 4.90 Å². The molecule has 1 heterocycles. The van der Waals surface area contributed by atoms with Gasteiger partial charge in [0, 0.05) is 13.0 Å². The SMILES string of the molecule is O=C(O)[C@H](Cc1ccc(O)c(Br)c1)N1CC(O)CC1=O. The Balaban J connectivity index is 2.19. The minimum atomic E-state index is -1.11. The summed E-state index contributed by atoms with van der Waals surface area (Å²) < 4.78 is 0.465. The average molecular weight is 344 g/mol. The van der Waals surface area contributed by atoms with Crippen LogP contribution in [0.5, 0.6) is 5.75 Å². The van der Waals surface area contributed by atoms with Crippen LogP contribution in [0, 0.1) is 0 Å². The first kappa shape index (κ1) is 14.8. The quantitative estimate of drug-likeness (QED) is 0.749. The molecular weight excluding hydrogens is 330 g/mol. The first-order chi connectivity index (χ1) is 9.38. The molecule has 1 aliphatic heterocycles. The van der Waals surface area contributed by atoms with Gasteiger partial charge in [-0.2, -0.15) is 0 Å². The number of phenolic OH excluding ortho intramolecular Hbond substituents is 1. The molecule has 7 heteroatoms. The number of likely N-dealkylation sites (tertiary alicyclic amines) is 1. The normalized spacial score (nSPS) is 20.2. The molecule has 0 aromatic heterocycles. The van der Waals surface area contributed by atoms with Crippen LogP contribution in [0.25, 0.3) is 0 Å². The second-order valence-corrected chi connectivity index (χ2v) is 5.60. The minimum absolute atomic E-state index is 0.0368. The number of aliphatic hydroxyl groups is 1. The Morgan fingerprint density at radius 1 is 1.50 bits per heavy atom. The molecule has 1 fully saturated rings. The lowest BCUT2D eigenvalue weighted by atomic mass is 10.0. The van der Waals surface area contributed by atoms with Crippen LogP contribution in [0.2, 0.25) is 0 Å². The van der Waals surface area contributed by atoms with Crippen LogP contribution in [0.3, 0.4) is 0 Å². The number of amides is 1. The van der Waals surface area contributed by atoms with Crippen molar-refractivity contribution < 1.29 is 24.9 Å². The third-order valence-corrected chi connectivity index (χ3v) is 3.88. The number of aromatic hydroxyl groups is 1. The fraction of sp³-hybridized carbons (Fsp3) is 0.385. The van der Waals surface area contributed by atoms with Gasteiger partial charge in [-0.1, -0.05) is 6.07 Å². The maximum Gasteiger partial charge on any atom is 0.326 e. The number of benzene rings is 1. The molecule has 0 saturated carbocycles. The number of hydrogen-bond donors (Lipinski definition) is 3. The molecule has 6 nitrogen and oxygen atoms in total. The zero-order valence-electron chi connectivity index (χ0n) is 10.5. The Morgan fingerprint density at radius 3 is 2.70 bits per heavy atom. The summed E-state index contributed by atoms with van der Waals surface area (Å²) in [5.74, 6) is -1.41. The Labute approximate surface area is 123 Å². The first-order valence-electron chi connectivity index (χ1n) is 6.06. The molecule has 1 aromatic rings. The van der Waals surface area contributed by atoms with E-state index in [-0.39, 0.29) is 31.0 Å². The number of nitrogens with zero attached hydrogens (tertiary/aromatic N) is 1. The van der Waals surface area contributed by atoms with Crippen molar-refractivity contribution in [3.63, 3.8) is 0 Å². The number of rotatable bonds is 4. The van der Waals surface area contributed by atoms with Gasteiger partial charge in [0.1, 0.15) is 11.8 Å². The van der Waals surface area contributed by atoms with Crippen molar-refractivity contribution in [1.29, 1.82) is 0 Å². The van der Waals surface area contributed by atoms with E-state index < -0.39 is 18.1 Å². The van der Waals surface area contributed by atoms with E-state index in [0.29, 0.717) is 10.0 Å². The van der Waals surface area contributed by atoms with Crippen LogP contribution in [-0.4, -0.2) is 50.8 Å². The van der Waals surface area contributed by atoms with Crippen LogP contribution in [-0.2, 0) is 16.0 Å². The van der Waals surface area contributed by atoms with Crippen molar-refractivity contribution in [3.05, 3.63) is 28.2 Å². The van der Waals surface area contributed by atoms with Gasteiger partial charge in [-0.25, -0.2) is 4.79 Å². The third kappa shape index (κ3) is 3.10. The summed E-state index contributed by atoms with van der Waals surface area (Å²) >= 11 is 3.16. The Kier molecular flexibility index (Phi) is 4.29. The predicted molar refractivity (Wildman–Crippen MR) is 73.3 cm³/mol. The number of hydrogen-bond acceptors (Lipinski definition) is 4. The smallest absolute Gasteiger partial charge is 0.326 e.